The first-order valence-corrected chi connectivity index (χ1v) is 6.11. The van der Waals surface area contributed by atoms with E-state index in [1.807, 2.05) is 0 Å². The monoisotopic (exact) mass is 300 g/mol. The summed E-state index contributed by atoms with van der Waals surface area (Å²) in [6, 6.07) is 2.23. The second-order valence-electron chi connectivity index (χ2n) is 4.70. The number of allylic oxidation sites excluding steroid dienone is 3. The van der Waals surface area contributed by atoms with Crippen LogP contribution in [0.3, 0.4) is 0 Å². The number of ketones is 1. The molecule has 1 atom stereocenters. The normalized spacial score (nSPS) is 19.1. The number of carbonyl (C=O) groups is 1. The van der Waals surface area contributed by atoms with Crippen LogP contribution in [-0.2, 0) is 15.7 Å². The van der Waals surface area contributed by atoms with Gasteiger partial charge >= 0.3 is 6.18 Å². The topological polar surface area (TPSA) is 26.3 Å². The van der Waals surface area contributed by atoms with Gasteiger partial charge in [0, 0.05) is 12.0 Å². The largest absolute Gasteiger partial charge is 0.497 e. The van der Waals surface area contributed by atoms with Gasteiger partial charge in [0.2, 0.25) is 0 Å². The lowest BCUT2D eigenvalue weighted by atomic mass is 9.86. The predicted molar refractivity (Wildman–Crippen MR) is 68.6 cm³/mol. The van der Waals surface area contributed by atoms with Crippen LogP contribution in [-0.4, -0.2) is 12.9 Å². The maximum Gasteiger partial charge on any atom is 0.416 e. The van der Waals surface area contributed by atoms with Crippen LogP contribution >= 0.6 is 0 Å². The molecule has 2 rings (SSSR count). The van der Waals surface area contributed by atoms with Crippen LogP contribution in [0.2, 0.25) is 0 Å². The Morgan fingerprint density at radius 3 is 2.38 bits per heavy atom. The first kappa shape index (κ1) is 15.3. The Labute approximate surface area is 118 Å². The number of halogens is 4. The van der Waals surface area contributed by atoms with Gasteiger partial charge in [-0.25, -0.2) is 4.39 Å². The summed E-state index contributed by atoms with van der Waals surface area (Å²) >= 11 is 0. The van der Waals surface area contributed by atoms with E-state index in [1.54, 1.807) is 6.92 Å². The summed E-state index contributed by atoms with van der Waals surface area (Å²) in [5, 5.41) is 0. The van der Waals surface area contributed by atoms with Gasteiger partial charge in [0.15, 0.2) is 5.78 Å². The zero-order valence-electron chi connectivity index (χ0n) is 11.3. The molecule has 0 aromatic heterocycles. The summed E-state index contributed by atoms with van der Waals surface area (Å²) in [6.07, 6.45) is -1.95. The lowest BCUT2D eigenvalue weighted by Crippen LogP contribution is -2.16. The molecule has 1 unspecified atom stereocenters. The molecular weight excluding hydrogens is 288 g/mol. The molecule has 0 saturated carbocycles. The third kappa shape index (κ3) is 3.15. The van der Waals surface area contributed by atoms with Crippen LogP contribution in [0, 0.1) is 11.7 Å². The van der Waals surface area contributed by atoms with E-state index in [2.05, 4.69) is 0 Å². The highest BCUT2D eigenvalue weighted by molar-refractivity contribution is 6.03. The number of rotatable bonds is 2. The van der Waals surface area contributed by atoms with Gasteiger partial charge < -0.3 is 4.74 Å². The summed E-state index contributed by atoms with van der Waals surface area (Å²) < 4.78 is 56.6. The van der Waals surface area contributed by atoms with E-state index in [0.717, 1.165) is 12.1 Å². The number of hydrogen-bond donors (Lipinski definition) is 0. The molecule has 112 valence electrons. The summed E-state index contributed by atoms with van der Waals surface area (Å²) in [5.41, 5.74) is -0.776. The van der Waals surface area contributed by atoms with Crippen molar-refractivity contribution in [3.63, 3.8) is 0 Å². The van der Waals surface area contributed by atoms with Crippen molar-refractivity contribution in [3.8, 4) is 0 Å². The van der Waals surface area contributed by atoms with Gasteiger partial charge in [0.05, 0.1) is 12.7 Å². The molecule has 6 heteroatoms. The van der Waals surface area contributed by atoms with Crippen molar-refractivity contribution >= 4 is 11.4 Å². The molecule has 1 aromatic rings. The van der Waals surface area contributed by atoms with E-state index in [0.29, 0.717) is 11.6 Å². The average molecular weight is 300 g/mol. The summed E-state index contributed by atoms with van der Waals surface area (Å²) in [4.78, 5) is 11.8. The third-order valence-corrected chi connectivity index (χ3v) is 3.27. The second-order valence-corrected chi connectivity index (χ2v) is 4.70. The Bertz CT molecular complexity index is 642. The molecule has 0 spiro atoms. The lowest BCUT2D eigenvalue weighted by Gasteiger charge is -2.20. The van der Waals surface area contributed by atoms with Crippen molar-refractivity contribution in [2.24, 2.45) is 5.92 Å². The predicted octanol–water partition coefficient (Wildman–Crippen LogP) is 3.98. The second kappa shape index (κ2) is 5.35. The van der Waals surface area contributed by atoms with Crippen molar-refractivity contribution in [1.82, 2.24) is 0 Å². The number of methoxy groups -OCH3 is 1. The standard InChI is InChI=1S/C15H12F4O2/c1-8-13(6-12(21-2)7-14(8)20)9-3-10(15(17,18)19)5-11(16)4-9/h3-8H,1-2H3. The lowest BCUT2D eigenvalue weighted by molar-refractivity contribution is -0.137. The summed E-state index contributed by atoms with van der Waals surface area (Å²) in [6.45, 7) is 1.55. The summed E-state index contributed by atoms with van der Waals surface area (Å²) in [5.74, 6) is -1.74. The zero-order valence-corrected chi connectivity index (χ0v) is 11.3. The fourth-order valence-corrected chi connectivity index (χ4v) is 2.11. The van der Waals surface area contributed by atoms with E-state index in [1.165, 1.54) is 19.3 Å². The molecule has 0 bridgehead atoms. The van der Waals surface area contributed by atoms with Gasteiger partial charge in [-0.15, -0.1) is 0 Å². The molecule has 0 aliphatic heterocycles. The van der Waals surface area contributed by atoms with Crippen molar-refractivity contribution in [2.45, 2.75) is 13.1 Å². The smallest absolute Gasteiger partial charge is 0.416 e. The Morgan fingerprint density at radius 1 is 1.14 bits per heavy atom. The fraction of sp³-hybridized carbons (Fsp3) is 0.267. The van der Waals surface area contributed by atoms with Crippen molar-refractivity contribution < 1.29 is 27.1 Å². The molecule has 1 aliphatic carbocycles. The highest BCUT2D eigenvalue weighted by Gasteiger charge is 2.32. The fourth-order valence-electron chi connectivity index (χ4n) is 2.11. The Morgan fingerprint density at radius 2 is 1.81 bits per heavy atom. The van der Waals surface area contributed by atoms with E-state index < -0.39 is 23.5 Å². The molecule has 0 radical (unpaired) electrons. The van der Waals surface area contributed by atoms with Gasteiger partial charge in [-0.2, -0.15) is 13.2 Å². The minimum Gasteiger partial charge on any atom is -0.497 e. The van der Waals surface area contributed by atoms with E-state index in [4.69, 9.17) is 4.74 Å². The molecule has 0 amide bonds. The van der Waals surface area contributed by atoms with Gasteiger partial charge in [-0.1, -0.05) is 6.92 Å². The minimum absolute atomic E-state index is 0.0193. The van der Waals surface area contributed by atoms with Crippen LogP contribution in [0.4, 0.5) is 17.6 Å². The zero-order chi connectivity index (χ0) is 15.8. The molecule has 0 fully saturated rings. The van der Waals surface area contributed by atoms with Crippen LogP contribution in [0.25, 0.3) is 5.57 Å². The molecule has 21 heavy (non-hydrogen) atoms. The highest BCUT2D eigenvalue weighted by Crippen LogP contribution is 2.35. The molecule has 1 aliphatic rings. The Kier molecular flexibility index (Phi) is 3.89. The SMILES string of the molecule is COC1=CC(=O)C(C)C(c2cc(F)cc(C(F)(F)F)c2)=C1. The molecule has 0 heterocycles. The maximum atomic E-state index is 13.5. The van der Waals surface area contributed by atoms with Gasteiger partial charge in [-0.3, -0.25) is 4.79 Å². The number of hydrogen-bond acceptors (Lipinski definition) is 2. The molecule has 1 aromatic carbocycles. The number of ether oxygens (including phenoxy) is 1. The Hall–Kier alpha value is -2.11. The molecule has 2 nitrogen and oxygen atoms in total. The van der Waals surface area contributed by atoms with Gasteiger partial charge in [-0.05, 0) is 35.4 Å². The molecule has 0 saturated heterocycles. The maximum absolute atomic E-state index is 13.5. The quantitative estimate of drug-likeness (QED) is 0.772. The molecule has 0 N–H and O–H groups in total. The van der Waals surface area contributed by atoms with Gasteiger partial charge in [0.1, 0.15) is 11.6 Å². The highest BCUT2D eigenvalue weighted by atomic mass is 19.4. The van der Waals surface area contributed by atoms with Crippen LogP contribution in [0.5, 0.6) is 0 Å². The Balaban J connectivity index is 2.55. The van der Waals surface area contributed by atoms with E-state index in [9.17, 15) is 22.4 Å². The summed E-state index contributed by atoms with van der Waals surface area (Å²) in [7, 11) is 1.34. The van der Waals surface area contributed by atoms with Crippen LogP contribution in [0.1, 0.15) is 18.1 Å². The first-order valence-electron chi connectivity index (χ1n) is 6.11. The number of carbonyl (C=O) groups excluding carboxylic acids is 1. The van der Waals surface area contributed by atoms with E-state index in [-0.39, 0.29) is 17.1 Å². The van der Waals surface area contributed by atoms with Crippen molar-refractivity contribution in [1.29, 1.82) is 0 Å². The number of benzene rings is 1. The van der Waals surface area contributed by atoms with Crippen LogP contribution < -0.4 is 0 Å². The number of alkyl halides is 3. The van der Waals surface area contributed by atoms with Crippen LogP contribution in [0.15, 0.2) is 36.1 Å². The minimum atomic E-state index is -4.65. The van der Waals surface area contributed by atoms with Crippen molar-refractivity contribution in [3.05, 3.63) is 53.1 Å². The average Bonchev–Trinajstić information content (AvgIpc) is 2.40. The first-order chi connectivity index (χ1) is 9.72. The third-order valence-electron chi connectivity index (χ3n) is 3.27. The van der Waals surface area contributed by atoms with E-state index >= 15 is 0 Å². The van der Waals surface area contributed by atoms with Crippen molar-refractivity contribution in [2.75, 3.05) is 7.11 Å². The molecular formula is C15H12F4O2. The van der Waals surface area contributed by atoms with Gasteiger partial charge in [0.25, 0.3) is 0 Å².